The van der Waals surface area contributed by atoms with E-state index in [0.717, 1.165) is 50.3 Å². The summed E-state index contributed by atoms with van der Waals surface area (Å²) < 4.78 is 15.8. The van der Waals surface area contributed by atoms with Gasteiger partial charge in [-0.2, -0.15) is 0 Å². The first-order valence-electron chi connectivity index (χ1n) is 14.2. The fraction of sp³-hybridized carbons (Fsp3) is 0. The van der Waals surface area contributed by atoms with Crippen LogP contribution in [0.1, 0.15) is 1.37 Å². The van der Waals surface area contributed by atoms with Crippen LogP contribution < -0.4 is 0 Å². The maximum atomic E-state index is 8.02. The SMILES string of the molecule is [2H]c1ccc2o[c-]c(-c3nc4ccccc4n3-c3ccc(-c4ccccc4)cc3)c2c1.[Ir].[c-]1ccccc1-c1ccccn1. The maximum absolute atomic E-state index is 8.02. The fourth-order valence-electron chi connectivity index (χ4n) is 4.99. The van der Waals surface area contributed by atoms with Crippen LogP contribution in [0.2, 0.25) is 0 Å². The van der Waals surface area contributed by atoms with E-state index in [9.17, 15) is 0 Å². The van der Waals surface area contributed by atoms with E-state index in [2.05, 4.69) is 64.3 Å². The van der Waals surface area contributed by atoms with Gasteiger partial charge in [-0.25, -0.2) is 0 Å². The Labute approximate surface area is 265 Å². The molecule has 5 aromatic carbocycles. The summed E-state index contributed by atoms with van der Waals surface area (Å²) in [5.41, 5.74) is 8.72. The normalized spacial score (nSPS) is 10.9. The van der Waals surface area contributed by atoms with Crippen LogP contribution in [0.25, 0.3) is 61.5 Å². The minimum absolute atomic E-state index is 0. The Morgan fingerprint density at radius 1 is 0.698 bits per heavy atom. The Balaban J connectivity index is 0.000000222. The number of rotatable bonds is 4. The van der Waals surface area contributed by atoms with E-state index in [0.29, 0.717) is 11.6 Å². The molecule has 3 aromatic heterocycles. The molecular weight excluding hydrogens is 707 g/mol. The Bertz CT molecular complexity index is 2090. The third kappa shape index (κ3) is 5.82. The molecule has 43 heavy (non-hydrogen) atoms. The number of nitrogens with zero attached hydrogens (tertiary/aromatic N) is 3. The van der Waals surface area contributed by atoms with E-state index in [1.807, 2.05) is 78.9 Å². The number of imidazole rings is 1. The molecule has 0 N–H and O–H groups in total. The summed E-state index contributed by atoms with van der Waals surface area (Å²) in [5.74, 6) is 0.748. The van der Waals surface area contributed by atoms with E-state index in [-0.39, 0.29) is 20.1 Å². The molecule has 1 radical (unpaired) electrons. The molecule has 8 rings (SSSR count). The number of fused-ring (bicyclic) bond motifs is 2. The average molecular weight is 733 g/mol. The van der Waals surface area contributed by atoms with Crippen LogP contribution in [-0.2, 0) is 20.1 Å². The van der Waals surface area contributed by atoms with Gasteiger partial charge in [-0.05, 0) is 47.2 Å². The van der Waals surface area contributed by atoms with Gasteiger partial charge >= 0.3 is 0 Å². The quantitative estimate of drug-likeness (QED) is 0.170. The van der Waals surface area contributed by atoms with Crippen LogP contribution in [0.5, 0.6) is 0 Å². The van der Waals surface area contributed by atoms with Gasteiger partial charge in [-0.3, -0.25) is 4.98 Å². The van der Waals surface area contributed by atoms with Crippen LogP contribution in [0.3, 0.4) is 0 Å². The van der Waals surface area contributed by atoms with Crippen molar-refractivity contribution in [3.8, 4) is 39.5 Å². The molecule has 209 valence electrons. The molecule has 0 aliphatic carbocycles. The second-order valence-electron chi connectivity index (χ2n) is 9.67. The monoisotopic (exact) mass is 733 g/mol. The molecule has 0 saturated carbocycles. The molecule has 0 spiro atoms. The number of hydrogen-bond acceptors (Lipinski definition) is 3. The zero-order chi connectivity index (χ0) is 29.0. The first-order valence-corrected chi connectivity index (χ1v) is 13.7. The van der Waals surface area contributed by atoms with Crippen molar-refractivity contribution in [2.45, 2.75) is 0 Å². The van der Waals surface area contributed by atoms with Crippen LogP contribution in [0.15, 0.2) is 156 Å². The maximum Gasteiger partial charge on any atom is 0.0774 e. The van der Waals surface area contributed by atoms with Gasteiger partial charge in [-0.15, -0.1) is 42.0 Å². The Morgan fingerprint density at radius 3 is 2.26 bits per heavy atom. The molecule has 0 amide bonds. The van der Waals surface area contributed by atoms with Crippen molar-refractivity contribution in [2.24, 2.45) is 0 Å². The standard InChI is InChI=1S/C27H17N2O.C11H8N.Ir/c1-2-8-19(9-3-1)20-14-16-21(17-15-20)29-25-12-6-5-11-24(25)28-27(29)23-18-30-26-13-7-4-10-22(23)26;1-2-6-10(7-3-1)11-8-4-5-9-12-11;/h1-17H;1-6,8-9H;/q2*-1;/i4D;;. The van der Waals surface area contributed by atoms with Crippen molar-refractivity contribution >= 4 is 22.0 Å². The van der Waals surface area contributed by atoms with Crippen molar-refractivity contribution in [3.05, 3.63) is 164 Å². The molecule has 0 saturated heterocycles. The molecule has 3 heterocycles. The third-order valence-corrected chi connectivity index (χ3v) is 7.02. The summed E-state index contributed by atoms with van der Waals surface area (Å²) in [4.78, 5) is 9.12. The molecule has 0 bridgehead atoms. The van der Waals surface area contributed by atoms with Crippen LogP contribution in [0.4, 0.5) is 0 Å². The van der Waals surface area contributed by atoms with Gasteiger partial charge in [0, 0.05) is 43.8 Å². The van der Waals surface area contributed by atoms with Crippen LogP contribution >= 0.6 is 0 Å². The van der Waals surface area contributed by atoms with E-state index >= 15 is 0 Å². The number of aromatic nitrogens is 3. The second-order valence-corrected chi connectivity index (χ2v) is 9.67. The first kappa shape index (κ1) is 26.8. The fourth-order valence-corrected chi connectivity index (χ4v) is 4.99. The summed E-state index contributed by atoms with van der Waals surface area (Å²) in [5, 5.41) is 0.838. The molecular formula is C38H25IrN3O-2. The molecule has 0 aliphatic rings. The van der Waals surface area contributed by atoms with E-state index in [1.165, 1.54) is 5.56 Å². The molecule has 0 unspecified atom stereocenters. The summed E-state index contributed by atoms with van der Waals surface area (Å²) in [7, 11) is 0. The van der Waals surface area contributed by atoms with E-state index in [4.69, 9.17) is 10.8 Å². The van der Waals surface area contributed by atoms with E-state index in [1.54, 1.807) is 24.4 Å². The van der Waals surface area contributed by atoms with Gasteiger partial charge in [0.25, 0.3) is 0 Å². The summed E-state index contributed by atoms with van der Waals surface area (Å²) in [6, 6.07) is 49.4. The summed E-state index contributed by atoms with van der Waals surface area (Å²) >= 11 is 0. The molecule has 0 aliphatic heterocycles. The summed E-state index contributed by atoms with van der Waals surface area (Å²) in [6.07, 6.45) is 4.81. The average Bonchev–Trinajstić information content (AvgIpc) is 3.67. The van der Waals surface area contributed by atoms with Crippen molar-refractivity contribution in [3.63, 3.8) is 0 Å². The number of hydrogen-bond donors (Lipinski definition) is 0. The molecule has 4 nitrogen and oxygen atoms in total. The first-order chi connectivity index (χ1) is 21.2. The zero-order valence-electron chi connectivity index (χ0n) is 23.9. The van der Waals surface area contributed by atoms with E-state index < -0.39 is 0 Å². The minimum Gasteiger partial charge on any atom is -0.557 e. The number of benzene rings is 5. The largest absolute Gasteiger partial charge is 0.557 e. The molecule has 0 atom stereocenters. The zero-order valence-corrected chi connectivity index (χ0v) is 25.3. The van der Waals surface area contributed by atoms with Crippen molar-refractivity contribution in [1.82, 2.24) is 14.5 Å². The minimum atomic E-state index is 0. The molecule has 8 aromatic rings. The predicted molar refractivity (Wildman–Crippen MR) is 169 cm³/mol. The topological polar surface area (TPSA) is 43.9 Å². The number of furan rings is 1. The van der Waals surface area contributed by atoms with Gasteiger partial charge < -0.3 is 14.0 Å². The van der Waals surface area contributed by atoms with Crippen LogP contribution in [-0.4, -0.2) is 14.5 Å². The number of para-hydroxylation sites is 3. The Hall–Kier alpha value is -5.09. The van der Waals surface area contributed by atoms with Gasteiger partial charge in [0.15, 0.2) is 0 Å². The van der Waals surface area contributed by atoms with Crippen molar-refractivity contribution in [2.75, 3.05) is 0 Å². The van der Waals surface area contributed by atoms with Crippen molar-refractivity contribution < 1.29 is 25.9 Å². The van der Waals surface area contributed by atoms with Gasteiger partial charge in [0.1, 0.15) is 0 Å². The second kappa shape index (κ2) is 12.8. The van der Waals surface area contributed by atoms with Gasteiger partial charge in [0.2, 0.25) is 0 Å². The van der Waals surface area contributed by atoms with Gasteiger partial charge in [0.05, 0.1) is 18.2 Å². The van der Waals surface area contributed by atoms with Gasteiger partial charge in [-0.1, -0.05) is 95.9 Å². The third-order valence-electron chi connectivity index (χ3n) is 7.02. The smallest absolute Gasteiger partial charge is 0.0774 e. The molecule has 5 heteroatoms. The predicted octanol–water partition coefficient (Wildman–Crippen LogP) is 9.45. The van der Waals surface area contributed by atoms with Crippen LogP contribution in [0, 0.1) is 12.3 Å². The number of pyridine rings is 1. The molecule has 0 fully saturated rings. The Morgan fingerprint density at radius 2 is 1.47 bits per heavy atom. The Kier molecular flexibility index (Phi) is 7.99. The summed E-state index contributed by atoms with van der Waals surface area (Å²) in [6.45, 7) is 0. The van der Waals surface area contributed by atoms with Crippen molar-refractivity contribution in [1.29, 1.82) is 0 Å².